The highest BCUT2D eigenvalue weighted by Crippen LogP contribution is 2.24. The second kappa shape index (κ2) is 2.89. The third-order valence-corrected chi connectivity index (χ3v) is 1.84. The average molecular weight is 169 g/mol. The van der Waals surface area contributed by atoms with Gasteiger partial charge >= 0.3 is 5.69 Å². The van der Waals surface area contributed by atoms with Crippen LogP contribution in [0.4, 0.5) is 10.1 Å². The number of benzene rings is 1. The minimum Gasteiger partial charge on any atom is -0.258 e. The fourth-order valence-corrected chi connectivity index (χ4v) is 0.992. The van der Waals surface area contributed by atoms with Gasteiger partial charge in [0.05, 0.1) is 4.92 Å². The van der Waals surface area contributed by atoms with Gasteiger partial charge in [0, 0.05) is 5.56 Å². The summed E-state index contributed by atoms with van der Waals surface area (Å²) in [6.07, 6.45) is 0. The molecule has 0 saturated heterocycles. The highest BCUT2D eigenvalue weighted by molar-refractivity contribution is 5.45. The van der Waals surface area contributed by atoms with Gasteiger partial charge in [0.15, 0.2) is 0 Å². The maximum absolute atomic E-state index is 12.8. The molecule has 0 bridgehead atoms. The molecule has 0 aromatic heterocycles. The van der Waals surface area contributed by atoms with Crippen LogP contribution in [0.3, 0.4) is 0 Å². The second-order valence-electron chi connectivity index (χ2n) is 2.60. The normalized spacial score (nSPS) is 9.92. The molecule has 1 aromatic carbocycles. The first-order valence-electron chi connectivity index (χ1n) is 3.44. The van der Waals surface area contributed by atoms with Crippen LogP contribution in [0.25, 0.3) is 0 Å². The van der Waals surface area contributed by atoms with E-state index >= 15 is 0 Å². The van der Waals surface area contributed by atoms with Gasteiger partial charge in [0.1, 0.15) is 0 Å². The molecule has 12 heavy (non-hydrogen) atoms. The SMILES string of the molecule is Cc1ccc(F)c([N+](=O)[O-])c1C. The van der Waals surface area contributed by atoms with Crippen LogP contribution in [-0.2, 0) is 0 Å². The van der Waals surface area contributed by atoms with Crippen molar-refractivity contribution in [3.63, 3.8) is 0 Å². The van der Waals surface area contributed by atoms with Crippen LogP contribution in [0.1, 0.15) is 11.1 Å². The molecular weight excluding hydrogens is 161 g/mol. The Morgan fingerprint density at radius 1 is 1.42 bits per heavy atom. The molecule has 64 valence electrons. The van der Waals surface area contributed by atoms with Crippen LogP contribution in [0, 0.1) is 29.8 Å². The highest BCUT2D eigenvalue weighted by Gasteiger charge is 2.18. The van der Waals surface area contributed by atoms with Crippen LogP contribution < -0.4 is 0 Å². The molecule has 1 aromatic rings. The first-order valence-corrected chi connectivity index (χ1v) is 3.44. The zero-order valence-corrected chi connectivity index (χ0v) is 6.80. The van der Waals surface area contributed by atoms with Gasteiger partial charge in [0.25, 0.3) is 0 Å². The number of rotatable bonds is 1. The van der Waals surface area contributed by atoms with E-state index < -0.39 is 16.4 Å². The smallest absolute Gasteiger partial charge is 0.258 e. The molecule has 0 atom stereocenters. The predicted molar refractivity (Wildman–Crippen MR) is 42.5 cm³/mol. The van der Waals surface area contributed by atoms with Crippen LogP contribution in [0.5, 0.6) is 0 Å². The van der Waals surface area contributed by atoms with E-state index in [1.54, 1.807) is 6.92 Å². The summed E-state index contributed by atoms with van der Waals surface area (Å²) < 4.78 is 12.8. The van der Waals surface area contributed by atoms with E-state index in [-0.39, 0.29) is 0 Å². The Morgan fingerprint density at radius 2 is 2.00 bits per heavy atom. The van der Waals surface area contributed by atoms with E-state index in [1.807, 2.05) is 0 Å². The number of nitrogens with zero attached hydrogens (tertiary/aromatic N) is 1. The molecular formula is C8H8FNO2. The van der Waals surface area contributed by atoms with Crippen molar-refractivity contribution < 1.29 is 9.31 Å². The van der Waals surface area contributed by atoms with Crippen LogP contribution in [0.15, 0.2) is 12.1 Å². The number of nitro benzene ring substituents is 1. The molecule has 0 radical (unpaired) electrons. The first-order chi connectivity index (χ1) is 5.54. The number of nitro groups is 1. The Morgan fingerprint density at radius 3 is 2.42 bits per heavy atom. The molecule has 0 N–H and O–H groups in total. The number of aryl methyl sites for hydroxylation is 1. The van der Waals surface area contributed by atoms with Crippen LogP contribution in [0.2, 0.25) is 0 Å². The Labute approximate surface area is 69.0 Å². The molecule has 0 heterocycles. The summed E-state index contributed by atoms with van der Waals surface area (Å²) >= 11 is 0. The quantitative estimate of drug-likeness (QED) is 0.478. The molecule has 0 spiro atoms. The summed E-state index contributed by atoms with van der Waals surface area (Å²) in [5.74, 6) is -0.775. The zero-order valence-electron chi connectivity index (χ0n) is 6.80. The standard InChI is InChI=1S/C8H8FNO2/c1-5-3-4-7(9)8(6(5)2)10(11)12/h3-4H,1-2H3. The van der Waals surface area contributed by atoms with Gasteiger partial charge < -0.3 is 0 Å². The molecule has 0 aliphatic rings. The van der Waals surface area contributed by atoms with Crippen molar-refractivity contribution in [2.45, 2.75) is 13.8 Å². The van der Waals surface area contributed by atoms with Gasteiger partial charge in [-0.3, -0.25) is 10.1 Å². The number of hydrogen-bond acceptors (Lipinski definition) is 2. The fraction of sp³-hybridized carbons (Fsp3) is 0.250. The zero-order chi connectivity index (χ0) is 9.30. The minimum atomic E-state index is -0.775. The molecule has 0 amide bonds. The molecule has 3 nitrogen and oxygen atoms in total. The van der Waals surface area contributed by atoms with Crippen molar-refractivity contribution in [2.24, 2.45) is 0 Å². The summed E-state index contributed by atoms with van der Waals surface area (Å²) in [5.41, 5.74) is 0.693. The van der Waals surface area contributed by atoms with Crippen molar-refractivity contribution in [2.75, 3.05) is 0 Å². The average Bonchev–Trinajstić information content (AvgIpc) is 1.97. The van der Waals surface area contributed by atoms with E-state index in [2.05, 4.69) is 0 Å². The van der Waals surface area contributed by atoms with Gasteiger partial charge in [0.2, 0.25) is 5.82 Å². The van der Waals surface area contributed by atoms with Gasteiger partial charge in [-0.05, 0) is 25.5 Å². The monoisotopic (exact) mass is 169 g/mol. The summed E-state index contributed by atoms with van der Waals surface area (Å²) in [6, 6.07) is 2.64. The Balaban J connectivity index is 3.43. The van der Waals surface area contributed by atoms with E-state index in [0.29, 0.717) is 5.56 Å². The first kappa shape index (κ1) is 8.64. The van der Waals surface area contributed by atoms with Gasteiger partial charge in [-0.1, -0.05) is 6.07 Å². The minimum absolute atomic E-state index is 0.389. The molecule has 1 rings (SSSR count). The largest absolute Gasteiger partial charge is 0.307 e. The summed E-state index contributed by atoms with van der Waals surface area (Å²) in [6.45, 7) is 3.25. The lowest BCUT2D eigenvalue weighted by molar-refractivity contribution is -0.388. The Bertz CT molecular complexity index is 336. The highest BCUT2D eigenvalue weighted by atomic mass is 19.1. The topological polar surface area (TPSA) is 43.1 Å². The van der Waals surface area contributed by atoms with Crippen molar-refractivity contribution in [1.29, 1.82) is 0 Å². The van der Waals surface area contributed by atoms with Gasteiger partial charge in [-0.2, -0.15) is 4.39 Å². The maximum atomic E-state index is 12.8. The molecule has 0 fully saturated rings. The van der Waals surface area contributed by atoms with Crippen LogP contribution in [-0.4, -0.2) is 4.92 Å². The van der Waals surface area contributed by atoms with Gasteiger partial charge in [-0.15, -0.1) is 0 Å². The Hall–Kier alpha value is -1.45. The van der Waals surface area contributed by atoms with Crippen molar-refractivity contribution in [3.8, 4) is 0 Å². The fourth-order valence-electron chi connectivity index (χ4n) is 0.992. The second-order valence-corrected chi connectivity index (χ2v) is 2.60. The maximum Gasteiger partial charge on any atom is 0.307 e. The van der Waals surface area contributed by atoms with Crippen molar-refractivity contribution >= 4 is 5.69 Å². The van der Waals surface area contributed by atoms with Crippen LogP contribution >= 0.6 is 0 Å². The lowest BCUT2D eigenvalue weighted by Gasteiger charge is -2.00. The summed E-state index contributed by atoms with van der Waals surface area (Å²) in [4.78, 5) is 9.66. The van der Waals surface area contributed by atoms with Gasteiger partial charge in [-0.25, -0.2) is 0 Å². The summed E-state index contributed by atoms with van der Waals surface area (Å²) in [7, 11) is 0. The van der Waals surface area contributed by atoms with Crippen molar-refractivity contribution in [3.05, 3.63) is 39.2 Å². The molecule has 0 saturated carbocycles. The molecule has 0 unspecified atom stereocenters. The Kier molecular flexibility index (Phi) is 2.08. The van der Waals surface area contributed by atoms with E-state index in [1.165, 1.54) is 13.0 Å². The predicted octanol–water partition coefficient (Wildman–Crippen LogP) is 2.35. The molecule has 4 heteroatoms. The molecule has 0 aliphatic heterocycles. The summed E-state index contributed by atoms with van der Waals surface area (Å²) in [5, 5.41) is 10.4. The lowest BCUT2D eigenvalue weighted by Crippen LogP contribution is -1.97. The third-order valence-electron chi connectivity index (χ3n) is 1.84. The van der Waals surface area contributed by atoms with E-state index in [9.17, 15) is 14.5 Å². The van der Waals surface area contributed by atoms with E-state index in [0.717, 1.165) is 11.6 Å². The lowest BCUT2D eigenvalue weighted by atomic mass is 10.1. The van der Waals surface area contributed by atoms with Crippen molar-refractivity contribution in [1.82, 2.24) is 0 Å². The van der Waals surface area contributed by atoms with E-state index in [4.69, 9.17) is 0 Å². The number of halogens is 1. The third kappa shape index (κ3) is 1.28. The molecule has 0 aliphatic carbocycles. The number of hydrogen-bond donors (Lipinski definition) is 0.